The molecular weight excluding hydrogens is 308 g/mol. The molecule has 0 aliphatic carbocycles. The molecule has 2 rings (SSSR count). The SMILES string of the molecule is Cc1ccc(-c2n[nH]c(S(N)(=O)=O)n2)c(Br)c1. The molecule has 1 heterocycles. The fraction of sp³-hybridized carbons (Fsp3) is 0.111. The number of halogens is 1. The molecule has 8 heteroatoms. The number of hydrogen-bond acceptors (Lipinski definition) is 4. The molecule has 1 aromatic carbocycles. The molecular formula is C9H9BrN4O2S. The van der Waals surface area contributed by atoms with Crippen molar-refractivity contribution in [3.05, 3.63) is 28.2 Å². The molecule has 0 atom stereocenters. The van der Waals surface area contributed by atoms with Gasteiger partial charge in [0.05, 0.1) is 0 Å². The number of sulfonamides is 1. The van der Waals surface area contributed by atoms with E-state index in [0.29, 0.717) is 5.56 Å². The van der Waals surface area contributed by atoms with Crippen LogP contribution in [0.3, 0.4) is 0 Å². The fourth-order valence-corrected chi connectivity index (χ4v) is 2.35. The first-order valence-corrected chi connectivity index (χ1v) is 6.93. The van der Waals surface area contributed by atoms with Gasteiger partial charge in [-0.05, 0) is 24.6 Å². The number of benzene rings is 1. The topological polar surface area (TPSA) is 102 Å². The van der Waals surface area contributed by atoms with Gasteiger partial charge in [0.2, 0.25) is 0 Å². The van der Waals surface area contributed by atoms with Gasteiger partial charge in [-0.15, -0.1) is 0 Å². The van der Waals surface area contributed by atoms with Gasteiger partial charge in [-0.2, -0.15) is 10.1 Å². The third-order valence-corrected chi connectivity index (χ3v) is 3.48. The molecule has 90 valence electrons. The first-order chi connectivity index (χ1) is 7.88. The number of nitrogens with zero attached hydrogens (tertiary/aromatic N) is 2. The zero-order valence-corrected chi connectivity index (χ0v) is 11.2. The lowest BCUT2D eigenvalue weighted by Gasteiger charge is -2.00. The summed E-state index contributed by atoms with van der Waals surface area (Å²) >= 11 is 3.37. The average molecular weight is 317 g/mol. The van der Waals surface area contributed by atoms with Crippen LogP contribution in [-0.4, -0.2) is 23.6 Å². The maximum absolute atomic E-state index is 11.0. The molecule has 6 nitrogen and oxygen atoms in total. The van der Waals surface area contributed by atoms with Gasteiger partial charge in [-0.1, -0.05) is 22.0 Å². The minimum Gasteiger partial charge on any atom is -0.248 e. The maximum Gasteiger partial charge on any atom is 0.273 e. The van der Waals surface area contributed by atoms with Crippen molar-refractivity contribution in [1.82, 2.24) is 15.2 Å². The summed E-state index contributed by atoms with van der Waals surface area (Å²) in [6.07, 6.45) is 0. The molecule has 0 bridgehead atoms. The van der Waals surface area contributed by atoms with E-state index in [4.69, 9.17) is 5.14 Å². The van der Waals surface area contributed by atoms with Crippen molar-refractivity contribution >= 4 is 26.0 Å². The van der Waals surface area contributed by atoms with Crippen LogP contribution in [0.5, 0.6) is 0 Å². The maximum atomic E-state index is 11.0. The van der Waals surface area contributed by atoms with Crippen LogP contribution in [0.4, 0.5) is 0 Å². The number of H-pyrrole nitrogens is 1. The van der Waals surface area contributed by atoms with Crippen LogP contribution in [0.15, 0.2) is 27.8 Å². The third kappa shape index (κ3) is 2.54. The predicted octanol–water partition coefficient (Wildman–Crippen LogP) is 1.19. The highest BCUT2D eigenvalue weighted by Crippen LogP contribution is 2.26. The Hall–Kier alpha value is -1.25. The summed E-state index contributed by atoms with van der Waals surface area (Å²) in [4.78, 5) is 3.83. The minimum absolute atomic E-state index is 0.279. The van der Waals surface area contributed by atoms with Gasteiger partial charge < -0.3 is 0 Å². The van der Waals surface area contributed by atoms with Gasteiger partial charge in [0, 0.05) is 10.0 Å². The zero-order chi connectivity index (χ0) is 12.6. The van der Waals surface area contributed by atoms with Crippen molar-refractivity contribution in [3.63, 3.8) is 0 Å². The van der Waals surface area contributed by atoms with Crippen molar-refractivity contribution in [2.75, 3.05) is 0 Å². The van der Waals surface area contributed by atoms with E-state index in [1.807, 2.05) is 19.1 Å². The Balaban J connectivity index is 2.51. The normalized spacial score (nSPS) is 11.7. The van der Waals surface area contributed by atoms with E-state index in [-0.39, 0.29) is 11.0 Å². The van der Waals surface area contributed by atoms with Gasteiger partial charge in [-0.25, -0.2) is 18.7 Å². The predicted molar refractivity (Wildman–Crippen MR) is 65.6 cm³/mol. The molecule has 0 aliphatic heterocycles. The summed E-state index contributed by atoms with van der Waals surface area (Å²) in [7, 11) is -3.86. The van der Waals surface area contributed by atoms with Crippen LogP contribution < -0.4 is 5.14 Å². The van der Waals surface area contributed by atoms with Crippen LogP contribution in [0.2, 0.25) is 0 Å². The van der Waals surface area contributed by atoms with Crippen LogP contribution in [-0.2, 0) is 10.0 Å². The largest absolute Gasteiger partial charge is 0.273 e. The lowest BCUT2D eigenvalue weighted by Crippen LogP contribution is -2.13. The highest BCUT2D eigenvalue weighted by molar-refractivity contribution is 9.10. The Morgan fingerprint density at radius 3 is 2.65 bits per heavy atom. The van der Waals surface area contributed by atoms with Crippen LogP contribution in [0.25, 0.3) is 11.4 Å². The van der Waals surface area contributed by atoms with E-state index in [1.165, 1.54) is 0 Å². The van der Waals surface area contributed by atoms with Crippen molar-refractivity contribution in [1.29, 1.82) is 0 Å². The van der Waals surface area contributed by atoms with Crippen molar-refractivity contribution in [3.8, 4) is 11.4 Å². The van der Waals surface area contributed by atoms with Crippen molar-refractivity contribution in [2.45, 2.75) is 12.1 Å². The van der Waals surface area contributed by atoms with E-state index < -0.39 is 10.0 Å². The summed E-state index contributed by atoms with van der Waals surface area (Å²) in [5.41, 5.74) is 1.77. The molecule has 0 saturated heterocycles. The van der Waals surface area contributed by atoms with E-state index in [9.17, 15) is 8.42 Å². The number of aryl methyl sites for hydroxylation is 1. The van der Waals surface area contributed by atoms with E-state index >= 15 is 0 Å². The number of primary sulfonamides is 1. The highest BCUT2D eigenvalue weighted by Gasteiger charge is 2.16. The Kier molecular flexibility index (Phi) is 3.02. The number of nitrogens with two attached hydrogens (primary N) is 1. The lowest BCUT2D eigenvalue weighted by atomic mass is 10.1. The van der Waals surface area contributed by atoms with Gasteiger partial charge in [0.25, 0.3) is 15.2 Å². The first-order valence-electron chi connectivity index (χ1n) is 4.59. The van der Waals surface area contributed by atoms with E-state index in [0.717, 1.165) is 10.0 Å². The average Bonchev–Trinajstić information content (AvgIpc) is 2.65. The highest BCUT2D eigenvalue weighted by atomic mass is 79.9. The van der Waals surface area contributed by atoms with E-state index in [2.05, 4.69) is 31.1 Å². The molecule has 1 aromatic heterocycles. The molecule has 0 radical (unpaired) electrons. The van der Waals surface area contributed by atoms with Crippen molar-refractivity contribution in [2.24, 2.45) is 5.14 Å². The summed E-state index contributed by atoms with van der Waals surface area (Å²) in [5.74, 6) is 0.279. The summed E-state index contributed by atoms with van der Waals surface area (Å²) < 4.78 is 22.9. The summed E-state index contributed by atoms with van der Waals surface area (Å²) in [6.45, 7) is 1.95. The minimum atomic E-state index is -3.86. The zero-order valence-electron chi connectivity index (χ0n) is 8.81. The second-order valence-corrected chi connectivity index (χ2v) is 5.82. The molecule has 0 amide bonds. The summed E-state index contributed by atoms with van der Waals surface area (Å²) in [6, 6.07) is 5.57. The second kappa shape index (κ2) is 4.21. The monoisotopic (exact) mass is 316 g/mol. The third-order valence-electron chi connectivity index (χ3n) is 2.10. The quantitative estimate of drug-likeness (QED) is 0.868. The Morgan fingerprint density at radius 1 is 1.41 bits per heavy atom. The van der Waals surface area contributed by atoms with Gasteiger partial charge in [0.15, 0.2) is 5.82 Å². The standard InChI is InChI=1S/C9H9BrN4O2S/c1-5-2-3-6(7(10)4-5)8-12-9(14-13-8)17(11,15)16/h2-4H,1H3,(H2,11,15,16)(H,12,13,14). The van der Waals surface area contributed by atoms with Gasteiger partial charge in [0.1, 0.15) is 0 Å². The second-order valence-electron chi connectivity index (χ2n) is 3.49. The van der Waals surface area contributed by atoms with Crippen molar-refractivity contribution < 1.29 is 8.42 Å². The molecule has 0 saturated carbocycles. The molecule has 0 aliphatic rings. The molecule has 0 spiro atoms. The number of rotatable bonds is 2. The number of hydrogen-bond donors (Lipinski definition) is 2. The number of aromatic amines is 1. The van der Waals surface area contributed by atoms with Crippen LogP contribution in [0.1, 0.15) is 5.56 Å². The molecule has 0 unspecified atom stereocenters. The number of aromatic nitrogens is 3. The lowest BCUT2D eigenvalue weighted by molar-refractivity contribution is 0.589. The summed E-state index contributed by atoms with van der Waals surface area (Å²) in [5, 5.41) is 10.7. The smallest absolute Gasteiger partial charge is 0.248 e. The fourth-order valence-electron chi connectivity index (χ4n) is 1.30. The Bertz CT molecular complexity index is 665. The molecule has 3 N–H and O–H groups in total. The first kappa shape index (κ1) is 12.2. The van der Waals surface area contributed by atoms with Crippen LogP contribution in [0, 0.1) is 6.92 Å². The molecule has 2 aromatic rings. The Labute approximate surface area is 106 Å². The number of nitrogens with one attached hydrogen (secondary N) is 1. The molecule has 0 fully saturated rings. The van der Waals surface area contributed by atoms with Gasteiger partial charge >= 0.3 is 0 Å². The van der Waals surface area contributed by atoms with E-state index in [1.54, 1.807) is 6.07 Å². The van der Waals surface area contributed by atoms with Gasteiger partial charge in [-0.3, -0.25) is 0 Å². The molecule has 17 heavy (non-hydrogen) atoms. The Morgan fingerprint density at radius 2 is 2.12 bits per heavy atom. The van der Waals surface area contributed by atoms with Crippen LogP contribution >= 0.6 is 15.9 Å².